The van der Waals surface area contributed by atoms with Crippen LogP contribution in [-0.2, 0) is 9.47 Å². The first-order chi connectivity index (χ1) is 11.3. The van der Waals surface area contributed by atoms with Crippen LogP contribution in [0, 0.1) is 0 Å². The fourth-order valence-corrected chi connectivity index (χ4v) is 5.41. The van der Waals surface area contributed by atoms with Crippen molar-refractivity contribution in [3.63, 3.8) is 0 Å². The van der Waals surface area contributed by atoms with Gasteiger partial charge < -0.3 is 18.9 Å². The van der Waals surface area contributed by atoms with Gasteiger partial charge in [0.05, 0.1) is 18.8 Å². The van der Waals surface area contributed by atoms with Crippen molar-refractivity contribution in [2.45, 2.75) is 36.5 Å². The Morgan fingerprint density at radius 3 is 2.87 bits per heavy atom. The molecule has 6 aliphatic rings. The number of ether oxygens (including phenoxy) is 4. The van der Waals surface area contributed by atoms with Crippen molar-refractivity contribution in [1.82, 2.24) is 4.90 Å². The van der Waals surface area contributed by atoms with Gasteiger partial charge in [-0.2, -0.15) is 0 Å². The monoisotopic (exact) mass is 313 g/mol. The van der Waals surface area contributed by atoms with Crippen LogP contribution in [0.5, 0.6) is 11.5 Å². The van der Waals surface area contributed by atoms with E-state index in [2.05, 4.69) is 23.1 Å². The summed E-state index contributed by atoms with van der Waals surface area (Å²) in [5, 5.41) is 0. The Labute approximate surface area is 134 Å². The minimum atomic E-state index is 0.0287. The SMILES string of the molecule is COC1=C[C@]23CCCN2C[C@@H]2OC1[C@H]3c1cc3c(cc12)OCO3. The Kier molecular flexibility index (Phi) is 2.22. The van der Waals surface area contributed by atoms with E-state index in [-0.39, 0.29) is 17.7 Å². The van der Waals surface area contributed by atoms with E-state index < -0.39 is 0 Å². The Hall–Kier alpha value is -1.72. The first-order valence-corrected chi connectivity index (χ1v) is 8.41. The summed E-state index contributed by atoms with van der Waals surface area (Å²) in [6.07, 6.45) is 4.86. The molecule has 1 aliphatic carbocycles. The lowest BCUT2D eigenvalue weighted by molar-refractivity contribution is -0.0304. The number of rotatable bonds is 1. The largest absolute Gasteiger partial charge is 0.499 e. The summed E-state index contributed by atoms with van der Waals surface area (Å²) in [6.45, 7) is 2.40. The first-order valence-electron chi connectivity index (χ1n) is 8.41. The normalized spacial score (nSPS) is 39.0. The number of hydrogen-bond acceptors (Lipinski definition) is 5. The number of nitrogens with zero attached hydrogens (tertiary/aromatic N) is 1. The molecule has 0 radical (unpaired) electrons. The highest BCUT2D eigenvalue weighted by molar-refractivity contribution is 5.56. The molecule has 5 heterocycles. The van der Waals surface area contributed by atoms with Crippen LogP contribution in [0.3, 0.4) is 0 Å². The molecule has 5 aliphatic heterocycles. The van der Waals surface area contributed by atoms with Crippen LogP contribution in [0.4, 0.5) is 0 Å². The number of methoxy groups -OCH3 is 1. The third-order valence-electron chi connectivity index (χ3n) is 6.30. The van der Waals surface area contributed by atoms with Gasteiger partial charge in [0.25, 0.3) is 0 Å². The predicted octanol–water partition coefficient (Wildman–Crippen LogP) is 2.33. The molecule has 1 unspecified atom stereocenters. The van der Waals surface area contributed by atoms with Gasteiger partial charge in [0.1, 0.15) is 11.9 Å². The van der Waals surface area contributed by atoms with Gasteiger partial charge in [0.2, 0.25) is 6.79 Å². The fourth-order valence-electron chi connectivity index (χ4n) is 5.41. The van der Waals surface area contributed by atoms with Gasteiger partial charge in [0.15, 0.2) is 11.5 Å². The third-order valence-corrected chi connectivity index (χ3v) is 6.30. The van der Waals surface area contributed by atoms with Gasteiger partial charge in [-0.25, -0.2) is 0 Å². The van der Waals surface area contributed by atoms with E-state index in [1.165, 1.54) is 24.0 Å². The molecule has 2 fully saturated rings. The van der Waals surface area contributed by atoms with Crippen molar-refractivity contribution in [3.8, 4) is 11.5 Å². The second kappa shape index (κ2) is 4.02. The molecule has 1 aromatic rings. The molecule has 5 nitrogen and oxygen atoms in total. The number of hydrogen-bond donors (Lipinski definition) is 0. The topological polar surface area (TPSA) is 40.2 Å². The van der Waals surface area contributed by atoms with Crippen molar-refractivity contribution in [3.05, 3.63) is 35.1 Å². The van der Waals surface area contributed by atoms with Crippen molar-refractivity contribution in [2.24, 2.45) is 0 Å². The van der Waals surface area contributed by atoms with Crippen LogP contribution in [0.1, 0.15) is 36.0 Å². The molecule has 7 rings (SSSR count). The van der Waals surface area contributed by atoms with Crippen LogP contribution in [-0.4, -0.2) is 43.5 Å². The average Bonchev–Trinajstić information content (AvgIpc) is 3.21. The molecule has 0 N–H and O–H groups in total. The number of benzene rings is 1. The molecular formula is C18H19NO4. The fraction of sp³-hybridized carbons (Fsp3) is 0.556. The number of fused-ring (bicyclic) bond motifs is 1. The molecule has 120 valence electrons. The zero-order chi connectivity index (χ0) is 15.2. The van der Waals surface area contributed by atoms with Gasteiger partial charge in [0, 0.05) is 12.5 Å². The van der Waals surface area contributed by atoms with E-state index in [4.69, 9.17) is 18.9 Å². The Balaban J connectivity index is 1.61. The van der Waals surface area contributed by atoms with E-state index in [0.717, 1.165) is 30.3 Å². The second-order valence-electron chi connectivity index (χ2n) is 7.15. The van der Waals surface area contributed by atoms with E-state index in [1.807, 2.05) is 0 Å². The predicted molar refractivity (Wildman–Crippen MR) is 81.6 cm³/mol. The zero-order valence-corrected chi connectivity index (χ0v) is 13.1. The molecule has 0 saturated carbocycles. The highest BCUT2D eigenvalue weighted by Gasteiger charge is 2.61. The summed E-state index contributed by atoms with van der Waals surface area (Å²) in [5.41, 5.74) is 2.68. The molecule has 0 amide bonds. The lowest BCUT2D eigenvalue weighted by Crippen LogP contribution is -2.45. The second-order valence-corrected chi connectivity index (χ2v) is 7.15. The highest BCUT2D eigenvalue weighted by Crippen LogP contribution is 2.60. The quantitative estimate of drug-likeness (QED) is 0.796. The first kappa shape index (κ1) is 12.7. The van der Waals surface area contributed by atoms with Gasteiger partial charge in [-0.05, 0) is 48.7 Å². The average molecular weight is 313 g/mol. The van der Waals surface area contributed by atoms with Crippen molar-refractivity contribution < 1.29 is 18.9 Å². The molecule has 4 bridgehead atoms. The van der Waals surface area contributed by atoms with E-state index in [1.54, 1.807) is 7.11 Å². The Morgan fingerprint density at radius 2 is 2.04 bits per heavy atom. The van der Waals surface area contributed by atoms with E-state index in [0.29, 0.717) is 12.7 Å². The molecule has 5 heteroatoms. The minimum absolute atomic E-state index is 0.0287. The Morgan fingerprint density at radius 1 is 1.22 bits per heavy atom. The maximum absolute atomic E-state index is 6.49. The van der Waals surface area contributed by atoms with E-state index >= 15 is 0 Å². The summed E-state index contributed by atoms with van der Waals surface area (Å²) in [5.74, 6) is 3.01. The molecule has 4 atom stereocenters. The standard InChI is InChI=1S/C18H19NO4/c1-20-14-7-18-3-2-4-19(18)8-15-10-5-12-13(22-9-21-12)6-11(10)16(18)17(14)23-15/h5-7,15-17H,2-4,8-9H2,1H3/t15-,16+,17?,18-/m0/s1. The van der Waals surface area contributed by atoms with Gasteiger partial charge in [-0.1, -0.05) is 0 Å². The van der Waals surface area contributed by atoms with Crippen LogP contribution >= 0.6 is 0 Å². The van der Waals surface area contributed by atoms with Crippen molar-refractivity contribution >= 4 is 0 Å². The highest BCUT2D eigenvalue weighted by atomic mass is 16.7. The van der Waals surface area contributed by atoms with Crippen LogP contribution in [0.25, 0.3) is 0 Å². The zero-order valence-electron chi connectivity index (χ0n) is 13.1. The minimum Gasteiger partial charge on any atom is -0.499 e. The van der Waals surface area contributed by atoms with Crippen LogP contribution in [0.2, 0.25) is 0 Å². The van der Waals surface area contributed by atoms with Gasteiger partial charge >= 0.3 is 0 Å². The molecule has 1 spiro atoms. The van der Waals surface area contributed by atoms with Crippen LogP contribution < -0.4 is 9.47 Å². The maximum Gasteiger partial charge on any atom is 0.231 e. The summed E-state index contributed by atoms with van der Waals surface area (Å²) in [6, 6.07) is 4.33. The van der Waals surface area contributed by atoms with Crippen molar-refractivity contribution in [2.75, 3.05) is 27.0 Å². The lowest BCUT2D eigenvalue weighted by Gasteiger charge is -2.38. The maximum atomic E-state index is 6.49. The molecule has 23 heavy (non-hydrogen) atoms. The van der Waals surface area contributed by atoms with Gasteiger partial charge in [-0.15, -0.1) is 0 Å². The summed E-state index contributed by atoms with van der Waals surface area (Å²) in [4.78, 5) is 2.61. The van der Waals surface area contributed by atoms with Crippen molar-refractivity contribution in [1.29, 1.82) is 0 Å². The Bertz CT molecular complexity index is 745. The summed E-state index contributed by atoms with van der Waals surface area (Å²) < 4.78 is 23.4. The summed E-state index contributed by atoms with van der Waals surface area (Å²) >= 11 is 0. The lowest BCUT2D eigenvalue weighted by atomic mass is 9.76. The molecule has 2 saturated heterocycles. The smallest absolute Gasteiger partial charge is 0.231 e. The molecular weight excluding hydrogens is 294 g/mol. The molecule has 1 aromatic carbocycles. The van der Waals surface area contributed by atoms with E-state index in [9.17, 15) is 0 Å². The van der Waals surface area contributed by atoms with Gasteiger partial charge in [-0.3, -0.25) is 4.90 Å². The third kappa shape index (κ3) is 1.37. The van der Waals surface area contributed by atoms with Crippen LogP contribution in [0.15, 0.2) is 24.0 Å². The molecule has 0 aromatic heterocycles. The summed E-state index contributed by atoms with van der Waals surface area (Å²) in [7, 11) is 1.76.